The fraction of sp³-hybridized carbons (Fsp3) is 0.235. The van der Waals surface area contributed by atoms with Crippen LogP contribution in [0.2, 0.25) is 0 Å². The minimum Gasteiger partial charge on any atom is -0.0871 e. The third-order valence-electron chi connectivity index (χ3n) is 8.22. The number of aryl methyl sites for hydroxylation is 1. The minimum absolute atomic E-state index is 0.0119. The molecule has 6 rings (SSSR count). The zero-order valence-electron chi connectivity index (χ0n) is 21.1. The summed E-state index contributed by atoms with van der Waals surface area (Å²) in [5.41, 5.74) is 16.5. The molecule has 0 nitrogen and oxygen atoms in total. The second-order valence-corrected chi connectivity index (χ2v) is 11.1. The van der Waals surface area contributed by atoms with Crippen LogP contribution in [0.5, 0.6) is 0 Å². The van der Waals surface area contributed by atoms with E-state index in [0.717, 1.165) is 0 Å². The molecule has 4 aromatic carbocycles. The van der Waals surface area contributed by atoms with Gasteiger partial charge in [-0.3, -0.25) is 0 Å². The molecule has 2 aliphatic carbocycles. The van der Waals surface area contributed by atoms with Gasteiger partial charge in [0.1, 0.15) is 0 Å². The Kier molecular flexibility index (Phi) is 4.40. The van der Waals surface area contributed by atoms with E-state index in [1.165, 1.54) is 66.8 Å². The van der Waals surface area contributed by atoms with Gasteiger partial charge in [0, 0.05) is 10.8 Å². The summed E-state index contributed by atoms with van der Waals surface area (Å²) in [7, 11) is 0. The van der Waals surface area contributed by atoms with Crippen molar-refractivity contribution in [2.45, 2.75) is 52.4 Å². The van der Waals surface area contributed by atoms with Gasteiger partial charge in [-0.05, 0) is 87.2 Å². The third-order valence-corrected chi connectivity index (χ3v) is 8.22. The van der Waals surface area contributed by atoms with Crippen molar-refractivity contribution in [3.8, 4) is 33.4 Å². The first-order valence-corrected chi connectivity index (χ1v) is 12.4. The van der Waals surface area contributed by atoms with Gasteiger partial charge in [-0.2, -0.15) is 0 Å². The lowest BCUT2D eigenvalue weighted by molar-refractivity contribution is 0.659. The number of benzene rings is 4. The van der Waals surface area contributed by atoms with Gasteiger partial charge < -0.3 is 0 Å². The van der Waals surface area contributed by atoms with Gasteiger partial charge in [0.05, 0.1) is 0 Å². The maximum Gasteiger partial charge on any atom is 0.0159 e. The highest BCUT2D eigenvalue weighted by Crippen LogP contribution is 2.52. The zero-order chi connectivity index (χ0) is 23.8. The Morgan fingerprint density at radius 1 is 0.529 bits per heavy atom. The molecular weight excluding hydrogens is 408 g/mol. The molecule has 0 radical (unpaired) electrons. The number of rotatable bonds is 2. The first-order valence-electron chi connectivity index (χ1n) is 12.4. The largest absolute Gasteiger partial charge is 0.0871 e. The molecule has 0 bridgehead atoms. The van der Waals surface area contributed by atoms with E-state index in [9.17, 15) is 0 Å². The average molecular weight is 441 g/mol. The van der Waals surface area contributed by atoms with Crippen molar-refractivity contribution in [2.75, 3.05) is 0 Å². The average Bonchev–Trinajstić information content (AvgIpc) is 3.18. The molecule has 0 unspecified atom stereocenters. The topological polar surface area (TPSA) is 0 Å². The minimum atomic E-state index is -0.0119. The number of hydrogen-bond acceptors (Lipinski definition) is 0. The number of allylic oxidation sites excluding steroid dienone is 1. The lowest BCUT2D eigenvalue weighted by Crippen LogP contribution is -2.15. The van der Waals surface area contributed by atoms with Gasteiger partial charge in [0.25, 0.3) is 0 Å². The molecule has 0 fully saturated rings. The van der Waals surface area contributed by atoms with Gasteiger partial charge in [-0.15, -0.1) is 0 Å². The molecule has 34 heavy (non-hydrogen) atoms. The van der Waals surface area contributed by atoms with Crippen LogP contribution in [0.15, 0.2) is 78.9 Å². The van der Waals surface area contributed by atoms with Crippen LogP contribution in [0.3, 0.4) is 0 Å². The molecule has 0 aromatic heterocycles. The van der Waals surface area contributed by atoms with E-state index in [-0.39, 0.29) is 10.8 Å². The van der Waals surface area contributed by atoms with E-state index in [1.807, 2.05) is 0 Å². The Labute approximate surface area is 204 Å². The summed E-state index contributed by atoms with van der Waals surface area (Å²) in [5, 5.41) is 0. The van der Waals surface area contributed by atoms with Crippen molar-refractivity contribution in [3.05, 3.63) is 112 Å². The van der Waals surface area contributed by atoms with Crippen LogP contribution >= 0.6 is 0 Å². The molecule has 0 heterocycles. The first kappa shape index (κ1) is 21.2. The van der Waals surface area contributed by atoms with Crippen molar-refractivity contribution in [1.29, 1.82) is 0 Å². The molecule has 168 valence electrons. The highest BCUT2D eigenvalue weighted by atomic mass is 14.4. The fourth-order valence-corrected chi connectivity index (χ4v) is 6.26. The Bertz CT molecular complexity index is 1510. The van der Waals surface area contributed by atoms with Crippen molar-refractivity contribution in [3.63, 3.8) is 0 Å². The Morgan fingerprint density at radius 2 is 0.971 bits per heavy atom. The fourth-order valence-electron chi connectivity index (χ4n) is 6.26. The standard InChI is InChI=1S/C34H32/c1-7-8-22-10-14-26-28-16-12-24(20-32(28)34(5,6)30(26)18-22)23-11-15-27-25-13-9-21(2)17-29(25)33(3,4)31(27)19-23/h7-20H,1-6H3/b8-7+. The summed E-state index contributed by atoms with van der Waals surface area (Å²) in [6.07, 6.45) is 4.31. The summed E-state index contributed by atoms with van der Waals surface area (Å²) in [6, 6.07) is 28.0. The van der Waals surface area contributed by atoms with E-state index in [1.54, 1.807) is 0 Å². The third kappa shape index (κ3) is 2.84. The van der Waals surface area contributed by atoms with Gasteiger partial charge in [0.15, 0.2) is 0 Å². The molecule has 0 saturated carbocycles. The lowest BCUT2D eigenvalue weighted by atomic mass is 9.80. The summed E-state index contributed by atoms with van der Waals surface area (Å²) >= 11 is 0. The molecule has 0 amide bonds. The molecule has 2 aliphatic rings. The summed E-state index contributed by atoms with van der Waals surface area (Å²) in [4.78, 5) is 0. The van der Waals surface area contributed by atoms with Crippen LogP contribution in [0.1, 0.15) is 68.0 Å². The second-order valence-electron chi connectivity index (χ2n) is 11.1. The van der Waals surface area contributed by atoms with E-state index in [0.29, 0.717) is 0 Å². The molecule has 0 atom stereocenters. The maximum atomic E-state index is 2.44. The van der Waals surface area contributed by atoms with Crippen LogP contribution in [-0.2, 0) is 10.8 Å². The van der Waals surface area contributed by atoms with Gasteiger partial charge >= 0.3 is 0 Å². The molecule has 4 aromatic rings. The van der Waals surface area contributed by atoms with E-state index in [2.05, 4.69) is 126 Å². The predicted octanol–water partition coefficient (Wildman–Crippen LogP) is 9.31. The molecule has 0 saturated heterocycles. The SMILES string of the molecule is C/C=C/c1ccc2c(c1)C(C)(C)c1cc(-c3ccc4c(c3)C(C)(C)c3cc(C)ccc3-4)ccc1-2. The van der Waals surface area contributed by atoms with Crippen molar-refractivity contribution in [2.24, 2.45) is 0 Å². The Morgan fingerprint density at radius 3 is 1.50 bits per heavy atom. The molecule has 0 heteroatoms. The van der Waals surface area contributed by atoms with Crippen molar-refractivity contribution in [1.82, 2.24) is 0 Å². The smallest absolute Gasteiger partial charge is 0.0159 e. The highest BCUT2D eigenvalue weighted by molar-refractivity contribution is 5.87. The van der Waals surface area contributed by atoms with Gasteiger partial charge in [0.2, 0.25) is 0 Å². The zero-order valence-corrected chi connectivity index (χ0v) is 21.1. The van der Waals surface area contributed by atoms with Crippen molar-refractivity contribution < 1.29 is 0 Å². The summed E-state index contributed by atoms with van der Waals surface area (Å²) < 4.78 is 0. The number of fused-ring (bicyclic) bond motifs is 6. The number of hydrogen-bond donors (Lipinski definition) is 0. The van der Waals surface area contributed by atoms with Crippen LogP contribution in [0.4, 0.5) is 0 Å². The van der Waals surface area contributed by atoms with E-state index >= 15 is 0 Å². The van der Waals surface area contributed by atoms with Gasteiger partial charge in [-0.1, -0.05) is 106 Å². The van der Waals surface area contributed by atoms with Crippen molar-refractivity contribution >= 4 is 6.08 Å². The molecule has 0 aliphatic heterocycles. The van der Waals surface area contributed by atoms with Crippen LogP contribution in [-0.4, -0.2) is 0 Å². The van der Waals surface area contributed by atoms with Gasteiger partial charge in [-0.25, -0.2) is 0 Å². The Hall–Kier alpha value is -3.38. The van der Waals surface area contributed by atoms with E-state index < -0.39 is 0 Å². The summed E-state index contributed by atoms with van der Waals surface area (Å²) in [5.74, 6) is 0. The maximum absolute atomic E-state index is 2.44. The normalized spacial score (nSPS) is 16.3. The van der Waals surface area contributed by atoms with E-state index in [4.69, 9.17) is 0 Å². The first-order chi connectivity index (χ1) is 16.2. The quantitative estimate of drug-likeness (QED) is 0.291. The van der Waals surface area contributed by atoms with Crippen LogP contribution < -0.4 is 0 Å². The lowest BCUT2D eigenvalue weighted by Gasteiger charge is -2.23. The molecular formula is C34H32. The molecule has 0 N–H and O–H groups in total. The Balaban J connectivity index is 1.46. The summed E-state index contributed by atoms with van der Waals surface area (Å²) in [6.45, 7) is 13.7. The van der Waals surface area contributed by atoms with Crippen LogP contribution in [0.25, 0.3) is 39.5 Å². The molecule has 0 spiro atoms. The predicted molar refractivity (Wildman–Crippen MR) is 146 cm³/mol. The van der Waals surface area contributed by atoms with Crippen LogP contribution in [0, 0.1) is 6.92 Å². The second kappa shape index (κ2) is 7.06. The monoisotopic (exact) mass is 440 g/mol. The highest BCUT2D eigenvalue weighted by Gasteiger charge is 2.37.